The number of carbonyl (C=O) groups excluding carboxylic acids is 1. The summed E-state index contributed by atoms with van der Waals surface area (Å²) in [7, 11) is -4.30. The van der Waals surface area contributed by atoms with Gasteiger partial charge in [-0.15, -0.1) is 0 Å². The van der Waals surface area contributed by atoms with E-state index in [-0.39, 0.29) is 32.8 Å². The lowest BCUT2D eigenvalue weighted by molar-refractivity contribution is -0.154. The number of hydrogen-bond donors (Lipinski definition) is 2. The highest BCUT2D eigenvalue weighted by molar-refractivity contribution is 7.47. The first-order valence-corrected chi connectivity index (χ1v) is 23.6. The summed E-state index contributed by atoms with van der Waals surface area (Å²) in [6.45, 7) is 4.66. The first-order valence-electron chi connectivity index (χ1n) is 22.1. The number of unbranched alkanes of at least 4 members (excludes halogenated alkanes) is 14. The summed E-state index contributed by atoms with van der Waals surface area (Å²) in [6.07, 6.45) is 56.3. The maximum Gasteiger partial charge on any atom is 0.472 e. The summed E-state index contributed by atoms with van der Waals surface area (Å²) in [5.41, 5.74) is 5.36. The van der Waals surface area contributed by atoms with E-state index in [0.29, 0.717) is 13.0 Å². The standard InChI is InChI=1S/C47H82NO7P/c1-3-5-7-9-11-13-15-17-18-19-20-21-22-23-24-25-26-27-29-31-33-35-37-39-42-52-44-46(45-54-56(50,51)53-43-41-48)55-47(49)40-38-36-34-32-30-28-16-14-12-10-8-6-4-2/h6,8,12,14-15,17,19-20,22-23,28,30,34,36,46H,3-5,7,9-11,13,16,18,21,24-27,29,31-33,35,37-45,48H2,1-2H3,(H,50,51)/b8-6-,14-12-,17-15-,20-19-,23-22-,30-28-,36-34-. The predicted molar refractivity (Wildman–Crippen MR) is 238 cm³/mol. The summed E-state index contributed by atoms with van der Waals surface area (Å²) in [5, 5.41) is 0. The zero-order chi connectivity index (χ0) is 40.9. The molecule has 9 heteroatoms. The predicted octanol–water partition coefficient (Wildman–Crippen LogP) is 13.3. The van der Waals surface area contributed by atoms with E-state index in [2.05, 4.69) is 86.8 Å². The van der Waals surface area contributed by atoms with Gasteiger partial charge < -0.3 is 20.1 Å². The zero-order valence-electron chi connectivity index (χ0n) is 35.6. The van der Waals surface area contributed by atoms with Crippen molar-refractivity contribution in [1.82, 2.24) is 0 Å². The molecule has 0 aromatic heterocycles. The molecule has 0 radical (unpaired) electrons. The second-order valence-corrected chi connectivity index (χ2v) is 15.6. The molecule has 0 aliphatic rings. The number of carbonyl (C=O) groups is 1. The molecule has 0 saturated heterocycles. The maximum atomic E-state index is 12.5. The third-order valence-electron chi connectivity index (χ3n) is 8.81. The van der Waals surface area contributed by atoms with Crippen LogP contribution in [-0.2, 0) is 27.9 Å². The van der Waals surface area contributed by atoms with Gasteiger partial charge in [0.25, 0.3) is 0 Å². The Hall–Kier alpha value is -2.32. The van der Waals surface area contributed by atoms with Gasteiger partial charge in [0.15, 0.2) is 0 Å². The minimum atomic E-state index is -4.30. The molecule has 0 aliphatic carbocycles. The number of ether oxygens (including phenoxy) is 2. The molecule has 0 aromatic carbocycles. The van der Waals surface area contributed by atoms with E-state index >= 15 is 0 Å². The van der Waals surface area contributed by atoms with E-state index in [1.807, 2.05) is 12.2 Å². The third-order valence-corrected chi connectivity index (χ3v) is 9.79. The average Bonchev–Trinajstić information content (AvgIpc) is 3.19. The van der Waals surface area contributed by atoms with Gasteiger partial charge in [-0.3, -0.25) is 13.8 Å². The fourth-order valence-electron chi connectivity index (χ4n) is 5.60. The van der Waals surface area contributed by atoms with Crippen LogP contribution in [-0.4, -0.2) is 49.9 Å². The Balaban J connectivity index is 4.06. The Morgan fingerprint density at radius 3 is 1.50 bits per heavy atom. The summed E-state index contributed by atoms with van der Waals surface area (Å²) >= 11 is 0. The van der Waals surface area contributed by atoms with Crippen LogP contribution in [0.5, 0.6) is 0 Å². The van der Waals surface area contributed by atoms with E-state index in [9.17, 15) is 14.3 Å². The van der Waals surface area contributed by atoms with Crippen LogP contribution in [0.25, 0.3) is 0 Å². The van der Waals surface area contributed by atoms with Crippen molar-refractivity contribution in [1.29, 1.82) is 0 Å². The molecule has 3 N–H and O–H groups in total. The van der Waals surface area contributed by atoms with Crippen molar-refractivity contribution in [3.05, 3.63) is 85.1 Å². The Morgan fingerprint density at radius 2 is 1.00 bits per heavy atom. The van der Waals surface area contributed by atoms with Crippen LogP contribution >= 0.6 is 7.82 Å². The van der Waals surface area contributed by atoms with Gasteiger partial charge in [0, 0.05) is 19.6 Å². The van der Waals surface area contributed by atoms with E-state index in [4.69, 9.17) is 24.3 Å². The van der Waals surface area contributed by atoms with Crippen LogP contribution in [0.2, 0.25) is 0 Å². The van der Waals surface area contributed by atoms with Crippen molar-refractivity contribution in [2.75, 3.05) is 33.0 Å². The molecule has 0 aromatic rings. The largest absolute Gasteiger partial charge is 0.472 e. The molecule has 0 heterocycles. The SMILES string of the molecule is CC/C=C\C/C=C\C/C=C\C/C=C\CCC(=O)OC(COCCCCCCCCCCC/C=C\C/C=C\C/C=C\CCCCCCC)COP(=O)(O)OCCN. The van der Waals surface area contributed by atoms with Gasteiger partial charge in [-0.25, -0.2) is 4.57 Å². The smallest absolute Gasteiger partial charge is 0.457 e. The van der Waals surface area contributed by atoms with E-state index < -0.39 is 19.9 Å². The molecule has 322 valence electrons. The minimum Gasteiger partial charge on any atom is -0.457 e. The van der Waals surface area contributed by atoms with Crippen LogP contribution < -0.4 is 5.73 Å². The van der Waals surface area contributed by atoms with Gasteiger partial charge in [-0.1, -0.05) is 170 Å². The topological polar surface area (TPSA) is 117 Å². The van der Waals surface area contributed by atoms with Crippen molar-refractivity contribution in [3.63, 3.8) is 0 Å². The monoisotopic (exact) mass is 804 g/mol. The molecule has 0 amide bonds. The van der Waals surface area contributed by atoms with Crippen LogP contribution in [0.1, 0.15) is 168 Å². The third kappa shape index (κ3) is 42.8. The van der Waals surface area contributed by atoms with Gasteiger partial charge in [0.1, 0.15) is 6.10 Å². The lowest BCUT2D eigenvalue weighted by atomic mass is 10.1. The summed E-state index contributed by atoms with van der Waals surface area (Å²) in [6, 6.07) is 0. The molecule has 0 fully saturated rings. The van der Waals surface area contributed by atoms with E-state index in [0.717, 1.165) is 51.4 Å². The lowest BCUT2D eigenvalue weighted by Crippen LogP contribution is -2.28. The van der Waals surface area contributed by atoms with E-state index in [1.54, 1.807) is 0 Å². The molecular formula is C47H82NO7P. The number of phosphoric ester groups is 1. The highest BCUT2D eigenvalue weighted by Gasteiger charge is 2.25. The number of rotatable bonds is 41. The van der Waals surface area contributed by atoms with Gasteiger partial charge in [0.2, 0.25) is 0 Å². The number of allylic oxidation sites excluding steroid dienone is 14. The summed E-state index contributed by atoms with van der Waals surface area (Å²) in [5.74, 6) is -0.415. The van der Waals surface area contributed by atoms with Gasteiger partial charge >= 0.3 is 13.8 Å². The van der Waals surface area contributed by atoms with Gasteiger partial charge in [-0.05, 0) is 77.0 Å². The number of phosphoric acid groups is 1. The maximum absolute atomic E-state index is 12.5. The first-order chi connectivity index (χ1) is 27.4. The Bertz CT molecular complexity index is 1130. The molecule has 0 bridgehead atoms. The Morgan fingerprint density at radius 1 is 0.554 bits per heavy atom. The molecule has 0 rings (SSSR count). The van der Waals surface area contributed by atoms with Crippen molar-refractivity contribution < 1.29 is 32.8 Å². The quantitative estimate of drug-likeness (QED) is 0.0272. The van der Waals surface area contributed by atoms with Crippen LogP contribution in [0.15, 0.2) is 85.1 Å². The van der Waals surface area contributed by atoms with Gasteiger partial charge in [-0.2, -0.15) is 0 Å². The molecular weight excluding hydrogens is 721 g/mol. The molecule has 2 unspecified atom stereocenters. The summed E-state index contributed by atoms with van der Waals surface area (Å²) < 4.78 is 33.3. The van der Waals surface area contributed by atoms with Crippen LogP contribution in [0, 0.1) is 0 Å². The molecule has 0 spiro atoms. The first kappa shape index (κ1) is 53.7. The van der Waals surface area contributed by atoms with Crippen molar-refractivity contribution in [2.24, 2.45) is 5.73 Å². The number of hydrogen-bond acceptors (Lipinski definition) is 7. The second-order valence-electron chi connectivity index (χ2n) is 14.2. The molecule has 0 saturated carbocycles. The van der Waals surface area contributed by atoms with Gasteiger partial charge in [0.05, 0.1) is 19.8 Å². The van der Waals surface area contributed by atoms with Crippen LogP contribution in [0.4, 0.5) is 0 Å². The molecule has 56 heavy (non-hydrogen) atoms. The van der Waals surface area contributed by atoms with Crippen molar-refractivity contribution in [3.8, 4) is 0 Å². The Kier molecular flexibility index (Phi) is 42.0. The molecule has 8 nitrogen and oxygen atoms in total. The fraction of sp³-hybridized carbons (Fsp3) is 0.681. The molecule has 2 atom stereocenters. The number of esters is 1. The zero-order valence-corrected chi connectivity index (χ0v) is 36.5. The highest BCUT2D eigenvalue weighted by atomic mass is 31.2. The number of nitrogens with two attached hydrogens (primary N) is 1. The second kappa shape index (κ2) is 43.8. The lowest BCUT2D eigenvalue weighted by Gasteiger charge is -2.20. The Labute approximate surface area is 343 Å². The van der Waals surface area contributed by atoms with Crippen molar-refractivity contribution in [2.45, 2.75) is 174 Å². The van der Waals surface area contributed by atoms with Crippen LogP contribution in [0.3, 0.4) is 0 Å². The minimum absolute atomic E-state index is 0.0788. The molecule has 0 aliphatic heterocycles. The highest BCUT2D eigenvalue weighted by Crippen LogP contribution is 2.43. The average molecular weight is 804 g/mol. The fourth-order valence-corrected chi connectivity index (χ4v) is 6.37. The van der Waals surface area contributed by atoms with E-state index in [1.165, 1.54) is 89.9 Å². The summed E-state index contributed by atoms with van der Waals surface area (Å²) in [4.78, 5) is 22.4. The normalized spacial score (nSPS) is 14.3. The van der Waals surface area contributed by atoms with Crippen molar-refractivity contribution >= 4 is 13.8 Å².